The van der Waals surface area contributed by atoms with Gasteiger partial charge in [0.2, 0.25) is 0 Å². The Morgan fingerprint density at radius 1 is 1.54 bits per heavy atom. The summed E-state index contributed by atoms with van der Waals surface area (Å²) in [4.78, 5) is 15.3. The van der Waals surface area contributed by atoms with Gasteiger partial charge in [-0.3, -0.25) is 9.78 Å². The van der Waals surface area contributed by atoms with Crippen LogP contribution >= 0.6 is 0 Å². The van der Waals surface area contributed by atoms with Crippen molar-refractivity contribution in [2.24, 2.45) is 0 Å². The summed E-state index contributed by atoms with van der Waals surface area (Å²) in [6, 6.07) is 1.66. The maximum absolute atomic E-state index is 11.1. The molecule has 1 rings (SSSR count). The van der Waals surface area contributed by atoms with Crippen molar-refractivity contribution in [2.45, 2.75) is 26.7 Å². The number of ketones is 1. The molecule has 0 unspecified atom stereocenters. The van der Waals surface area contributed by atoms with Crippen LogP contribution in [0.1, 0.15) is 42.7 Å². The zero-order chi connectivity index (χ0) is 10.0. The Labute approximate surface area is 78.0 Å². The average Bonchev–Trinajstić information content (AvgIpc) is 2.03. The van der Waals surface area contributed by atoms with Crippen molar-refractivity contribution in [1.82, 2.24) is 4.98 Å². The fourth-order valence-electron chi connectivity index (χ4n) is 1.26. The fourth-order valence-corrected chi connectivity index (χ4v) is 1.26. The van der Waals surface area contributed by atoms with Crippen molar-refractivity contribution >= 4 is 11.5 Å². The molecule has 0 fully saturated rings. The lowest BCUT2D eigenvalue weighted by molar-refractivity contribution is 0.101. The Kier molecular flexibility index (Phi) is 2.66. The first-order valence-electron chi connectivity index (χ1n) is 4.29. The van der Waals surface area contributed by atoms with E-state index in [4.69, 9.17) is 5.73 Å². The van der Waals surface area contributed by atoms with E-state index in [9.17, 15) is 4.79 Å². The molecule has 1 heterocycles. The highest BCUT2D eigenvalue weighted by Crippen LogP contribution is 2.22. The zero-order valence-corrected chi connectivity index (χ0v) is 8.16. The number of pyridine rings is 1. The van der Waals surface area contributed by atoms with Gasteiger partial charge in [-0.25, -0.2) is 0 Å². The van der Waals surface area contributed by atoms with E-state index in [-0.39, 0.29) is 11.7 Å². The van der Waals surface area contributed by atoms with E-state index in [2.05, 4.69) is 4.98 Å². The molecule has 1 aromatic rings. The summed E-state index contributed by atoms with van der Waals surface area (Å²) in [5.41, 5.74) is 7.69. The minimum atomic E-state index is -0.0122. The Morgan fingerprint density at radius 3 is 2.62 bits per heavy atom. The number of carbonyl (C=O) groups is 1. The zero-order valence-electron chi connectivity index (χ0n) is 8.16. The van der Waals surface area contributed by atoms with E-state index < -0.39 is 0 Å². The molecule has 0 amide bonds. The molecular formula is C10H14N2O. The van der Waals surface area contributed by atoms with Crippen LogP contribution in [0.15, 0.2) is 12.3 Å². The van der Waals surface area contributed by atoms with Gasteiger partial charge in [0.05, 0.1) is 11.4 Å². The van der Waals surface area contributed by atoms with Gasteiger partial charge in [0.1, 0.15) is 0 Å². The molecule has 0 radical (unpaired) electrons. The van der Waals surface area contributed by atoms with Crippen LogP contribution in [0.3, 0.4) is 0 Å². The summed E-state index contributed by atoms with van der Waals surface area (Å²) in [6.45, 7) is 5.51. The molecular weight excluding hydrogens is 164 g/mol. The Bertz CT molecular complexity index is 332. The van der Waals surface area contributed by atoms with E-state index in [1.54, 1.807) is 12.3 Å². The molecule has 0 saturated heterocycles. The maximum Gasteiger partial charge on any atom is 0.161 e. The largest absolute Gasteiger partial charge is 0.397 e. The SMILES string of the molecule is CC(=O)c1ccnc(C(C)C)c1N. The van der Waals surface area contributed by atoms with Gasteiger partial charge >= 0.3 is 0 Å². The van der Waals surface area contributed by atoms with Crippen LogP contribution in [-0.4, -0.2) is 10.8 Å². The van der Waals surface area contributed by atoms with Gasteiger partial charge in [-0.1, -0.05) is 13.8 Å². The van der Waals surface area contributed by atoms with Gasteiger partial charge < -0.3 is 5.73 Å². The van der Waals surface area contributed by atoms with Crippen molar-refractivity contribution in [3.63, 3.8) is 0 Å². The van der Waals surface area contributed by atoms with Gasteiger partial charge in [-0.2, -0.15) is 0 Å². The number of Topliss-reactive ketones (excluding diaryl/α,β-unsaturated/α-hetero) is 1. The molecule has 3 nitrogen and oxygen atoms in total. The Morgan fingerprint density at radius 2 is 2.15 bits per heavy atom. The van der Waals surface area contributed by atoms with Gasteiger partial charge in [0.15, 0.2) is 5.78 Å². The number of rotatable bonds is 2. The predicted octanol–water partition coefficient (Wildman–Crippen LogP) is 1.99. The lowest BCUT2D eigenvalue weighted by Crippen LogP contribution is -2.06. The number of anilines is 1. The quantitative estimate of drug-likeness (QED) is 0.704. The molecule has 0 aromatic carbocycles. The summed E-state index contributed by atoms with van der Waals surface area (Å²) < 4.78 is 0. The highest BCUT2D eigenvalue weighted by molar-refractivity contribution is 5.99. The highest BCUT2D eigenvalue weighted by atomic mass is 16.1. The van der Waals surface area contributed by atoms with Gasteiger partial charge in [0, 0.05) is 11.8 Å². The van der Waals surface area contributed by atoms with E-state index in [1.165, 1.54) is 6.92 Å². The molecule has 1 aromatic heterocycles. The smallest absolute Gasteiger partial charge is 0.161 e. The molecule has 2 N–H and O–H groups in total. The molecule has 0 saturated carbocycles. The lowest BCUT2D eigenvalue weighted by atomic mass is 10.0. The molecule has 0 spiro atoms. The van der Waals surface area contributed by atoms with Crippen LogP contribution in [0.25, 0.3) is 0 Å². The van der Waals surface area contributed by atoms with Crippen LogP contribution in [0.2, 0.25) is 0 Å². The van der Waals surface area contributed by atoms with E-state index in [1.807, 2.05) is 13.8 Å². The molecule has 0 atom stereocenters. The second-order valence-corrected chi connectivity index (χ2v) is 3.37. The van der Waals surface area contributed by atoms with Crippen LogP contribution < -0.4 is 5.73 Å². The fraction of sp³-hybridized carbons (Fsp3) is 0.400. The number of nitrogens with zero attached hydrogens (tertiary/aromatic N) is 1. The summed E-state index contributed by atoms with van der Waals surface area (Å²) in [5.74, 6) is 0.237. The minimum absolute atomic E-state index is 0.0122. The lowest BCUT2D eigenvalue weighted by Gasteiger charge is -2.10. The van der Waals surface area contributed by atoms with Gasteiger partial charge in [-0.05, 0) is 18.9 Å². The van der Waals surface area contributed by atoms with E-state index >= 15 is 0 Å². The number of hydrogen-bond donors (Lipinski definition) is 1. The normalized spacial score (nSPS) is 10.5. The molecule has 13 heavy (non-hydrogen) atoms. The number of nitrogens with two attached hydrogens (primary N) is 1. The molecule has 70 valence electrons. The third-order valence-electron chi connectivity index (χ3n) is 1.95. The van der Waals surface area contributed by atoms with Gasteiger partial charge in [0.25, 0.3) is 0 Å². The van der Waals surface area contributed by atoms with Crippen molar-refractivity contribution in [3.8, 4) is 0 Å². The predicted molar refractivity (Wildman–Crippen MR) is 52.7 cm³/mol. The van der Waals surface area contributed by atoms with Crippen LogP contribution in [-0.2, 0) is 0 Å². The summed E-state index contributed by atoms with van der Waals surface area (Å²) in [5, 5.41) is 0. The minimum Gasteiger partial charge on any atom is -0.397 e. The Hall–Kier alpha value is -1.38. The monoisotopic (exact) mass is 178 g/mol. The first-order valence-corrected chi connectivity index (χ1v) is 4.29. The third kappa shape index (κ3) is 1.86. The van der Waals surface area contributed by atoms with Crippen molar-refractivity contribution < 1.29 is 4.79 Å². The summed E-state index contributed by atoms with van der Waals surface area (Å²) >= 11 is 0. The van der Waals surface area contributed by atoms with E-state index in [0.29, 0.717) is 11.3 Å². The molecule has 3 heteroatoms. The van der Waals surface area contributed by atoms with Gasteiger partial charge in [-0.15, -0.1) is 0 Å². The summed E-state index contributed by atoms with van der Waals surface area (Å²) in [7, 11) is 0. The third-order valence-corrected chi connectivity index (χ3v) is 1.95. The topological polar surface area (TPSA) is 56.0 Å². The second kappa shape index (κ2) is 3.56. The number of aromatic nitrogens is 1. The molecule has 0 aliphatic rings. The first-order chi connectivity index (χ1) is 6.04. The molecule has 0 aliphatic heterocycles. The number of hydrogen-bond acceptors (Lipinski definition) is 3. The molecule has 0 bridgehead atoms. The van der Waals surface area contributed by atoms with Crippen LogP contribution in [0, 0.1) is 0 Å². The number of nitrogen functional groups attached to an aromatic ring is 1. The van der Waals surface area contributed by atoms with E-state index in [0.717, 1.165) is 5.69 Å². The van der Waals surface area contributed by atoms with Crippen molar-refractivity contribution in [1.29, 1.82) is 0 Å². The first kappa shape index (κ1) is 9.71. The van der Waals surface area contributed by atoms with Crippen LogP contribution in [0.4, 0.5) is 5.69 Å². The average molecular weight is 178 g/mol. The van der Waals surface area contributed by atoms with Crippen molar-refractivity contribution in [2.75, 3.05) is 5.73 Å². The highest BCUT2D eigenvalue weighted by Gasteiger charge is 2.11. The standard InChI is InChI=1S/C10H14N2O/c1-6(2)10-9(11)8(7(3)13)4-5-12-10/h4-6H,11H2,1-3H3. The molecule has 0 aliphatic carbocycles. The maximum atomic E-state index is 11.1. The second-order valence-electron chi connectivity index (χ2n) is 3.37. The van der Waals surface area contributed by atoms with Crippen molar-refractivity contribution in [3.05, 3.63) is 23.5 Å². The Balaban J connectivity index is 3.26. The summed E-state index contributed by atoms with van der Waals surface area (Å²) in [6.07, 6.45) is 1.63. The number of carbonyl (C=O) groups excluding carboxylic acids is 1. The van der Waals surface area contributed by atoms with Crippen LogP contribution in [0.5, 0.6) is 0 Å².